The van der Waals surface area contributed by atoms with E-state index in [0.29, 0.717) is 13.0 Å². The van der Waals surface area contributed by atoms with Crippen molar-refractivity contribution in [2.45, 2.75) is 25.4 Å². The first-order valence-electron chi connectivity index (χ1n) is 4.44. The van der Waals surface area contributed by atoms with Gasteiger partial charge in [0.2, 0.25) is 5.91 Å². The fourth-order valence-corrected chi connectivity index (χ4v) is 0.882. The third-order valence-electron chi connectivity index (χ3n) is 1.62. The van der Waals surface area contributed by atoms with Gasteiger partial charge in [0.25, 0.3) is 0 Å². The number of amides is 1. The molecule has 0 aliphatic rings. The predicted octanol–water partition coefficient (Wildman–Crippen LogP) is -1.42. The lowest BCUT2D eigenvalue weighted by Crippen LogP contribution is -2.30. The van der Waals surface area contributed by atoms with Gasteiger partial charge in [-0.3, -0.25) is 4.79 Å². The number of hydrogen-bond donors (Lipinski definition) is 4. The van der Waals surface area contributed by atoms with E-state index in [1.807, 2.05) is 0 Å². The molecule has 13 heavy (non-hydrogen) atoms. The van der Waals surface area contributed by atoms with Crippen molar-refractivity contribution in [1.82, 2.24) is 5.32 Å². The summed E-state index contributed by atoms with van der Waals surface area (Å²) in [4.78, 5) is 10.3. The molecule has 0 heterocycles. The van der Waals surface area contributed by atoms with E-state index in [1.165, 1.54) is 0 Å². The van der Waals surface area contributed by atoms with Crippen molar-refractivity contribution < 1.29 is 15.0 Å². The maximum absolute atomic E-state index is 10.3. The second-order valence-electron chi connectivity index (χ2n) is 2.96. The molecular formula is C8H18N2O3. The van der Waals surface area contributed by atoms with Gasteiger partial charge >= 0.3 is 0 Å². The van der Waals surface area contributed by atoms with E-state index in [4.69, 9.17) is 15.9 Å². The summed E-state index contributed by atoms with van der Waals surface area (Å²) in [6.45, 7) is 0.881. The zero-order valence-corrected chi connectivity index (χ0v) is 7.70. The lowest BCUT2D eigenvalue weighted by Gasteiger charge is -2.07. The molecule has 78 valence electrons. The van der Waals surface area contributed by atoms with Gasteiger partial charge < -0.3 is 21.3 Å². The molecule has 0 aromatic rings. The third kappa shape index (κ3) is 9.26. The molecule has 0 fully saturated rings. The Morgan fingerprint density at radius 3 is 2.69 bits per heavy atom. The van der Waals surface area contributed by atoms with Crippen molar-refractivity contribution in [3.8, 4) is 0 Å². The normalized spacial score (nSPS) is 12.8. The van der Waals surface area contributed by atoms with Crippen molar-refractivity contribution in [3.63, 3.8) is 0 Å². The molecule has 0 rings (SSSR count). The first-order valence-corrected chi connectivity index (χ1v) is 4.44. The number of nitrogens with two attached hydrogens (primary N) is 1. The lowest BCUT2D eigenvalue weighted by molar-refractivity contribution is -0.118. The average Bonchev–Trinajstić information content (AvgIpc) is 2.10. The molecular weight excluding hydrogens is 172 g/mol. The summed E-state index contributed by atoms with van der Waals surface area (Å²) in [6, 6.07) is 0. The monoisotopic (exact) mass is 190 g/mol. The van der Waals surface area contributed by atoms with Crippen LogP contribution in [0, 0.1) is 0 Å². The van der Waals surface area contributed by atoms with Gasteiger partial charge in [0.05, 0.1) is 12.7 Å². The first kappa shape index (κ1) is 12.3. The van der Waals surface area contributed by atoms with Crippen molar-refractivity contribution in [3.05, 3.63) is 0 Å². The number of aliphatic hydroxyl groups excluding tert-OH is 2. The SMILES string of the molecule is NC(=O)CCCCNC[C@H](O)CO. The Labute approximate surface area is 77.9 Å². The maximum Gasteiger partial charge on any atom is 0.217 e. The molecule has 0 saturated heterocycles. The molecule has 5 N–H and O–H groups in total. The van der Waals surface area contributed by atoms with Crippen LogP contribution in [-0.2, 0) is 4.79 Å². The van der Waals surface area contributed by atoms with E-state index in [2.05, 4.69) is 5.32 Å². The highest BCUT2D eigenvalue weighted by Gasteiger charge is 1.99. The fraction of sp³-hybridized carbons (Fsp3) is 0.875. The van der Waals surface area contributed by atoms with Crippen molar-refractivity contribution in [2.24, 2.45) is 5.73 Å². The number of hydrogen-bond acceptors (Lipinski definition) is 4. The van der Waals surface area contributed by atoms with E-state index >= 15 is 0 Å². The van der Waals surface area contributed by atoms with Gasteiger partial charge in [0.15, 0.2) is 0 Å². The van der Waals surface area contributed by atoms with E-state index in [9.17, 15) is 4.79 Å². The van der Waals surface area contributed by atoms with Gasteiger partial charge in [-0.1, -0.05) is 0 Å². The fourth-order valence-electron chi connectivity index (χ4n) is 0.882. The van der Waals surface area contributed by atoms with Crippen LogP contribution in [0.5, 0.6) is 0 Å². The Morgan fingerprint density at radius 1 is 1.46 bits per heavy atom. The second-order valence-corrected chi connectivity index (χ2v) is 2.96. The van der Waals surface area contributed by atoms with Gasteiger partial charge in [0, 0.05) is 13.0 Å². The summed E-state index contributed by atoms with van der Waals surface area (Å²) < 4.78 is 0. The molecule has 5 heteroatoms. The number of primary amides is 1. The van der Waals surface area contributed by atoms with Crippen LogP contribution in [0.25, 0.3) is 0 Å². The van der Waals surface area contributed by atoms with Crippen LogP contribution in [-0.4, -0.2) is 41.9 Å². The number of carbonyl (C=O) groups excluding carboxylic acids is 1. The Bertz CT molecular complexity index is 141. The third-order valence-corrected chi connectivity index (χ3v) is 1.62. The molecule has 0 aromatic carbocycles. The molecule has 0 unspecified atom stereocenters. The molecule has 0 spiro atoms. The van der Waals surface area contributed by atoms with Crippen LogP contribution in [0.3, 0.4) is 0 Å². The quantitative estimate of drug-likeness (QED) is 0.353. The van der Waals surface area contributed by atoms with Gasteiger partial charge in [-0.2, -0.15) is 0 Å². The van der Waals surface area contributed by atoms with E-state index in [1.54, 1.807) is 0 Å². The highest BCUT2D eigenvalue weighted by Crippen LogP contribution is 1.92. The Morgan fingerprint density at radius 2 is 2.15 bits per heavy atom. The van der Waals surface area contributed by atoms with Gasteiger partial charge in [-0.25, -0.2) is 0 Å². The summed E-state index contributed by atoms with van der Waals surface area (Å²) in [5.74, 6) is -0.282. The highest BCUT2D eigenvalue weighted by molar-refractivity contribution is 5.73. The minimum absolute atomic E-state index is 0.228. The summed E-state index contributed by atoms with van der Waals surface area (Å²) in [7, 11) is 0. The number of unbranched alkanes of at least 4 members (excludes halogenated alkanes) is 1. The van der Waals surface area contributed by atoms with Crippen molar-refractivity contribution >= 4 is 5.91 Å². The van der Waals surface area contributed by atoms with E-state index in [-0.39, 0.29) is 12.5 Å². The standard InChI is InChI=1S/C8H18N2O3/c9-8(13)3-1-2-4-10-5-7(12)6-11/h7,10-12H,1-6H2,(H2,9,13)/t7-/m0/s1. The van der Waals surface area contributed by atoms with E-state index in [0.717, 1.165) is 19.4 Å². The summed E-state index contributed by atoms with van der Waals surface area (Å²) in [5.41, 5.74) is 4.94. The molecule has 1 atom stereocenters. The zero-order chi connectivity index (χ0) is 10.1. The predicted molar refractivity (Wildman–Crippen MR) is 49.0 cm³/mol. The van der Waals surface area contributed by atoms with Gasteiger partial charge in [0.1, 0.15) is 0 Å². The molecule has 0 aromatic heterocycles. The molecule has 0 radical (unpaired) electrons. The summed E-state index contributed by atoms with van der Waals surface area (Å²) in [5, 5.41) is 20.3. The van der Waals surface area contributed by atoms with Crippen LogP contribution < -0.4 is 11.1 Å². The van der Waals surface area contributed by atoms with Crippen molar-refractivity contribution in [2.75, 3.05) is 19.7 Å². The van der Waals surface area contributed by atoms with Crippen LogP contribution in [0.2, 0.25) is 0 Å². The summed E-state index contributed by atoms with van der Waals surface area (Å²) in [6.07, 6.45) is 1.32. The Kier molecular flexibility index (Phi) is 7.57. The first-order chi connectivity index (χ1) is 6.16. The molecule has 0 aliphatic carbocycles. The van der Waals surface area contributed by atoms with Crippen LogP contribution >= 0.6 is 0 Å². The van der Waals surface area contributed by atoms with E-state index < -0.39 is 6.10 Å². The molecule has 1 amide bonds. The summed E-state index contributed by atoms with van der Waals surface area (Å²) >= 11 is 0. The smallest absolute Gasteiger partial charge is 0.217 e. The van der Waals surface area contributed by atoms with Crippen LogP contribution in [0.1, 0.15) is 19.3 Å². The minimum Gasteiger partial charge on any atom is -0.394 e. The molecule has 5 nitrogen and oxygen atoms in total. The average molecular weight is 190 g/mol. The van der Waals surface area contributed by atoms with Gasteiger partial charge in [-0.05, 0) is 19.4 Å². The highest BCUT2D eigenvalue weighted by atomic mass is 16.3. The van der Waals surface area contributed by atoms with Crippen molar-refractivity contribution in [1.29, 1.82) is 0 Å². The number of rotatable bonds is 8. The lowest BCUT2D eigenvalue weighted by atomic mass is 10.2. The molecule has 0 saturated carbocycles. The largest absolute Gasteiger partial charge is 0.394 e. The number of carbonyl (C=O) groups is 1. The number of nitrogens with one attached hydrogen (secondary N) is 1. The van der Waals surface area contributed by atoms with Crippen LogP contribution in [0.15, 0.2) is 0 Å². The Hall–Kier alpha value is -0.650. The van der Waals surface area contributed by atoms with Crippen LogP contribution in [0.4, 0.5) is 0 Å². The molecule has 0 bridgehead atoms. The second kappa shape index (κ2) is 7.97. The Balaban J connectivity index is 3.04. The maximum atomic E-state index is 10.3. The topological polar surface area (TPSA) is 95.6 Å². The number of aliphatic hydroxyl groups is 2. The zero-order valence-electron chi connectivity index (χ0n) is 7.70. The van der Waals surface area contributed by atoms with Gasteiger partial charge in [-0.15, -0.1) is 0 Å². The minimum atomic E-state index is -0.698. The molecule has 0 aliphatic heterocycles.